The van der Waals surface area contributed by atoms with E-state index in [0.717, 1.165) is 0 Å². The number of nitrogens with zero attached hydrogens (tertiary/aromatic N) is 1. The van der Waals surface area contributed by atoms with Crippen molar-refractivity contribution >= 4 is 34.7 Å². The third kappa shape index (κ3) is 5.83. The number of hydrogen-bond acceptors (Lipinski definition) is 3. The van der Waals surface area contributed by atoms with Crippen LogP contribution in [0.3, 0.4) is 0 Å². The van der Waals surface area contributed by atoms with E-state index in [0.29, 0.717) is 22.8 Å². The Balaban J connectivity index is 3.53. The molecule has 2 radical (unpaired) electrons. The zero-order valence-electron chi connectivity index (χ0n) is 5.26. The second-order valence-corrected chi connectivity index (χ2v) is 3.84. The van der Waals surface area contributed by atoms with Crippen LogP contribution in [0.4, 0.5) is 0 Å². The molecule has 4 N–H and O–H groups in total. The fourth-order valence-corrected chi connectivity index (χ4v) is 1.37. The summed E-state index contributed by atoms with van der Waals surface area (Å²) in [6.45, 7) is -0.0697. The van der Waals surface area contributed by atoms with Crippen LogP contribution in [0, 0.1) is 0 Å². The van der Waals surface area contributed by atoms with E-state index in [9.17, 15) is 9.59 Å². The summed E-state index contributed by atoms with van der Waals surface area (Å²) >= 11 is 0.599. The Labute approximate surface area is 71.1 Å². The van der Waals surface area contributed by atoms with Crippen LogP contribution in [-0.2, 0) is 9.59 Å². The SMILES string of the molecule is O=C([OH2+])C[N]([SnH])CC(=O)[OH2+]. The summed E-state index contributed by atoms with van der Waals surface area (Å²) in [5.74, 6) is -1.43. The first-order valence-corrected chi connectivity index (χ1v) is 3.98. The van der Waals surface area contributed by atoms with E-state index in [-0.39, 0.29) is 13.1 Å². The molecule has 0 spiro atoms. The summed E-state index contributed by atoms with van der Waals surface area (Å²) in [7, 11) is 0. The van der Waals surface area contributed by atoms with Gasteiger partial charge in [0.2, 0.25) is 0 Å². The third-order valence-electron chi connectivity index (χ3n) is 0.693. The van der Waals surface area contributed by atoms with E-state index < -0.39 is 11.9 Å². The number of carbonyl (C=O) groups excluding carboxylic acids is 2. The zero-order chi connectivity index (χ0) is 8.15. The van der Waals surface area contributed by atoms with Gasteiger partial charge in [-0.25, -0.2) is 0 Å². The first-order chi connectivity index (χ1) is 4.52. The molecule has 0 heterocycles. The van der Waals surface area contributed by atoms with Gasteiger partial charge in [0.15, 0.2) is 0 Å². The molecule has 0 amide bonds. The van der Waals surface area contributed by atoms with Gasteiger partial charge in [-0.2, -0.15) is 0 Å². The van der Waals surface area contributed by atoms with Gasteiger partial charge in [-0.15, -0.1) is 0 Å². The second-order valence-electron chi connectivity index (χ2n) is 1.75. The average Bonchev–Trinajstić information content (AvgIpc) is 1.58. The van der Waals surface area contributed by atoms with E-state index in [2.05, 4.69) is 0 Å². The molecular weight excluding hydrogens is 245 g/mol. The van der Waals surface area contributed by atoms with Crippen molar-refractivity contribution in [1.82, 2.24) is 3.12 Å². The molecule has 0 unspecified atom stereocenters. The molecule has 0 fully saturated rings. The van der Waals surface area contributed by atoms with Gasteiger partial charge in [0.25, 0.3) is 0 Å². The standard InChI is InChI=1S/C4H6NO4.Sn.H/c6-3(7)1-5-2-4(8)9;;/h1-2H2,(H,6,7)(H,8,9);;/q-1;+1;/p+2. The van der Waals surface area contributed by atoms with E-state index in [1.165, 1.54) is 3.12 Å². The van der Waals surface area contributed by atoms with Gasteiger partial charge in [0, 0.05) is 0 Å². The van der Waals surface area contributed by atoms with Crippen LogP contribution >= 0.6 is 0 Å². The molecule has 0 saturated heterocycles. The first kappa shape index (κ1) is 9.70. The van der Waals surface area contributed by atoms with Crippen LogP contribution in [0.15, 0.2) is 0 Å². The van der Waals surface area contributed by atoms with Crippen molar-refractivity contribution in [3.8, 4) is 0 Å². The van der Waals surface area contributed by atoms with Gasteiger partial charge in [0.1, 0.15) is 0 Å². The summed E-state index contributed by atoms with van der Waals surface area (Å²) in [6, 6.07) is 0. The monoisotopic (exact) mass is 255 g/mol. The molecular formula is C4H9NO4Sn+2. The molecule has 5 nitrogen and oxygen atoms in total. The Morgan fingerprint density at radius 3 is 1.70 bits per heavy atom. The van der Waals surface area contributed by atoms with Gasteiger partial charge >= 0.3 is 70.7 Å². The van der Waals surface area contributed by atoms with E-state index >= 15 is 0 Å². The molecule has 0 aromatic carbocycles. The summed E-state index contributed by atoms with van der Waals surface area (Å²) in [5, 5.41) is 13.0. The van der Waals surface area contributed by atoms with Gasteiger partial charge < -0.3 is 0 Å². The van der Waals surface area contributed by atoms with Crippen LogP contribution in [0.25, 0.3) is 0 Å². The van der Waals surface area contributed by atoms with Crippen molar-refractivity contribution in [2.24, 2.45) is 0 Å². The van der Waals surface area contributed by atoms with E-state index in [1.807, 2.05) is 0 Å². The Morgan fingerprint density at radius 1 is 1.20 bits per heavy atom. The Hall–Kier alpha value is -0.301. The minimum absolute atomic E-state index is 0.0349. The predicted molar refractivity (Wildman–Crippen MR) is 36.0 cm³/mol. The van der Waals surface area contributed by atoms with Crippen molar-refractivity contribution in [2.45, 2.75) is 0 Å². The molecule has 0 aromatic rings. The summed E-state index contributed by atoms with van der Waals surface area (Å²) in [4.78, 5) is 20.2. The minimum atomic E-state index is -0.714. The van der Waals surface area contributed by atoms with Crippen LogP contribution in [0.1, 0.15) is 0 Å². The summed E-state index contributed by atoms with van der Waals surface area (Å²) in [5.41, 5.74) is 0. The van der Waals surface area contributed by atoms with Crippen LogP contribution < -0.4 is 0 Å². The van der Waals surface area contributed by atoms with Crippen LogP contribution in [0.5, 0.6) is 0 Å². The molecule has 56 valence electrons. The second kappa shape index (κ2) is 4.50. The Bertz CT molecular complexity index is 132. The Kier molecular flexibility index (Phi) is 4.37. The first-order valence-electron chi connectivity index (χ1n) is 2.51. The van der Waals surface area contributed by atoms with Crippen molar-refractivity contribution in [3.63, 3.8) is 0 Å². The molecule has 0 bridgehead atoms. The zero-order valence-corrected chi connectivity index (χ0v) is 8.55. The van der Waals surface area contributed by atoms with Crippen molar-refractivity contribution in [2.75, 3.05) is 13.1 Å². The molecule has 0 aliphatic heterocycles. The quantitative estimate of drug-likeness (QED) is 0.387. The molecule has 6 heteroatoms. The molecule has 0 aromatic heterocycles. The maximum atomic E-state index is 10.1. The number of carbonyl (C=O) groups is 2. The topological polar surface area (TPSA) is 83.2 Å². The number of hydrogen-bond donors (Lipinski definition) is 0. The molecule has 0 aliphatic rings. The van der Waals surface area contributed by atoms with Crippen molar-refractivity contribution in [3.05, 3.63) is 0 Å². The fourth-order valence-electron chi connectivity index (χ4n) is 0.425. The Morgan fingerprint density at radius 2 is 1.50 bits per heavy atom. The van der Waals surface area contributed by atoms with Crippen molar-refractivity contribution < 1.29 is 19.8 Å². The van der Waals surface area contributed by atoms with Gasteiger partial charge in [-0.1, -0.05) is 0 Å². The fraction of sp³-hybridized carbons (Fsp3) is 0.500. The molecule has 0 rings (SSSR count). The van der Waals surface area contributed by atoms with E-state index in [4.69, 9.17) is 10.2 Å². The average molecular weight is 254 g/mol. The van der Waals surface area contributed by atoms with Gasteiger partial charge in [-0.3, -0.25) is 0 Å². The van der Waals surface area contributed by atoms with E-state index in [1.54, 1.807) is 0 Å². The van der Waals surface area contributed by atoms with Crippen LogP contribution in [0.2, 0.25) is 0 Å². The van der Waals surface area contributed by atoms with Crippen LogP contribution in [-0.4, -0.2) is 61.2 Å². The molecule has 10 heavy (non-hydrogen) atoms. The molecule has 0 aliphatic carbocycles. The van der Waals surface area contributed by atoms with Crippen molar-refractivity contribution in [1.29, 1.82) is 0 Å². The molecule has 0 saturated carbocycles. The third-order valence-corrected chi connectivity index (χ3v) is 1.74. The van der Waals surface area contributed by atoms with Gasteiger partial charge in [0.05, 0.1) is 0 Å². The van der Waals surface area contributed by atoms with Gasteiger partial charge in [-0.05, 0) is 0 Å². The number of rotatable bonds is 4. The maximum absolute atomic E-state index is 10.1. The normalized spacial score (nSPS) is 9.80. The molecule has 0 atom stereocenters. The summed E-state index contributed by atoms with van der Waals surface area (Å²) < 4.78 is 1.45. The predicted octanol–water partition coefficient (Wildman–Crippen LogP) is -3.39. The summed E-state index contributed by atoms with van der Waals surface area (Å²) in [6.07, 6.45) is 0.